The molecular weight excluding hydrogens is 294 g/mol. The number of amides is 1. The van der Waals surface area contributed by atoms with Crippen LogP contribution in [0.15, 0.2) is 42.9 Å². The Morgan fingerprint density at radius 1 is 1.26 bits per heavy atom. The van der Waals surface area contributed by atoms with Crippen molar-refractivity contribution in [1.82, 2.24) is 15.3 Å². The molecule has 0 aliphatic heterocycles. The summed E-state index contributed by atoms with van der Waals surface area (Å²) in [5.74, 6) is -0.559. The lowest BCUT2D eigenvalue weighted by atomic mass is 9.90. The van der Waals surface area contributed by atoms with Crippen LogP contribution in [0.3, 0.4) is 0 Å². The number of hydrogen-bond acceptors (Lipinski definition) is 5. The van der Waals surface area contributed by atoms with Crippen LogP contribution in [-0.2, 0) is 0 Å². The normalized spacial score (nSPS) is 26.9. The molecule has 6 heteroatoms. The number of aliphatic hydroxyl groups excluding tert-OH is 2. The maximum atomic E-state index is 12.3. The van der Waals surface area contributed by atoms with E-state index in [2.05, 4.69) is 15.3 Å². The maximum absolute atomic E-state index is 12.3. The number of aliphatic hydroxyl groups is 2. The summed E-state index contributed by atoms with van der Waals surface area (Å²) in [6, 6.07) is 7.23. The lowest BCUT2D eigenvalue weighted by Gasteiger charge is -2.24. The van der Waals surface area contributed by atoms with Crippen molar-refractivity contribution in [2.75, 3.05) is 0 Å². The number of carbonyl (C=O) groups excluding carboxylic acids is 1. The Morgan fingerprint density at radius 2 is 2.04 bits per heavy atom. The number of hydrogen-bond donors (Lipinski definition) is 3. The van der Waals surface area contributed by atoms with Crippen molar-refractivity contribution in [2.24, 2.45) is 0 Å². The van der Waals surface area contributed by atoms with E-state index in [0.29, 0.717) is 6.42 Å². The molecule has 0 saturated heterocycles. The van der Waals surface area contributed by atoms with Gasteiger partial charge in [-0.15, -0.1) is 0 Å². The maximum Gasteiger partial charge on any atom is 0.271 e. The predicted molar refractivity (Wildman–Crippen MR) is 83.8 cm³/mol. The average Bonchev–Trinajstić information content (AvgIpc) is 2.84. The van der Waals surface area contributed by atoms with Gasteiger partial charge in [-0.3, -0.25) is 9.78 Å². The van der Waals surface area contributed by atoms with E-state index < -0.39 is 24.2 Å². The summed E-state index contributed by atoms with van der Waals surface area (Å²) in [7, 11) is 0. The van der Waals surface area contributed by atoms with Crippen molar-refractivity contribution in [1.29, 1.82) is 0 Å². The minimum absolute atomic E-state index is 0.151. The molecule has 120 valence electrons. The second-order valence-corrected chi connectivity index (χ2v) is 5.85. The van der Waals surface area contributed by atoms with Gasteiger partial charge in [0.2, 0.25) is 0 Å². The molecule has 1 saturated carbocycles. The summed E-state index contributed by atoms with van der Waals surface area (Å²) >= 11 is 0. The highest BCUT2D eigenvalue weighted by atomic mass is 16.3. The first kappa shape index (κ1) is 15.6. The lowest BCUT2D eigenvalue weighted by Crippen LogP contribution is -2.45. The SMILES string of the molecule is Cc1ccccc1[C@H]1C[C@@H](O)[C@@H](O)[C@@H]1NC(=O)c1cnccn1. The van der Waals surface area contributed by atoms with Gasteiger partial charge in [-0.1, -0.05) is 24.3 Å². The van der Waals surface area contributed by atoms with E-state index in [9.17, 15) is 15.0 Å². The number of benzene rings is 1. The van der Waals surface area contributed by atoms with Gasteiger partial charge in [0.05, 0.1) is 18.3 Å². The summed E-state index contributed by atoms with van der Waals surface area (Å²) in [6.45, 7) is 1.98. The van der Waals surface area contributed by atoms with Crippen LogP contribution in [0.5, 0.6) is 0 Å². The molecule has 2 aromatic rings. The quantitative estimate of drug-likeness (QED) is 0.779. The van der Waals surface area contributed by atoms with Gasteiger partial charge in [-0.2, -0.15) is 0 Å². The molecule has 1 fully saturated rings. The number of carbonyl (C=O) groups is 1. The van der Waals surface area contributed by atoms with Gasteiger partial charge < -0.3 is 15.5 Å². The second kappa shape index (κ2) is 6.44. The largest absolute Gasteiger partial charge is 0.390 e. The number of rotatable bonds is 3. The van der Waals surface area contributed by atoms with E-state index in [-0.39, 0.29) is 11.6 Å². The summed E-state index contributed by atoms with van der Waals surface area (Å²) in [6.07, 6.45) is 2.81. The van der Waals surface area contributed by atoms with Crippen molar-refractivity contribution < 1.29 is 15.0 Å². The molecule has 1 aliphatic rings. The summed E-state index contributed by atoms with van der Waals surface area (Å²) < 4.78 is 0. The van der Waals surface area contributed by atoms with Gasteiger partial charge in [0.25, 0.3) is 5.91 Å². The molecule has 3 N–H and O–H groups in total. The number of nitrogens with zero attached hydrogens (tertiary/aromatic N) is 2. The minimum Gasteiger partial charge on any atom is -0.390 e. The highest BCUT2D eigenvalue weighted by molar-refractivity contribution is 5.92. The van der Waals surface area contributed by atoms with Crippen LogP contribution in [0.4, 0.5) is 0 Å². The zero-order valence-electron chi connectivity index (χ0n) is 12.8. The van der Waals surface area contributed by atoms with E-state index in [1.807, 2.05) is 31.2 Å². The molecule has 1 amide bonds. The van der Waals surface area contributed by atoms with E-state index in [1.54, 1.807) is 0 Å². The first-order valence-electron chi connectivity index (χ1n) is 7.56. The summed E-state index contributed by atoms with van der Waals surface area (Å²) in [4.78, 5) is 20.1. The molecule has 0 radical (unpaired) electrons. The molecular formula is C17H19N3O3. The Hall–Kier alpha value is -2.31. The van der Waals surface area contributed by atoms with Gasteiger partial charge in [0, 0.05) is 18.3 Å². The fourth-order valence-corrected chi connectivity index (χ4v) is 3.17. The second-order valence-electron chi connectivity index (χ2n) is 5.85. The molecule has 6 nitrogen and oxygen atoms in total. The minimum atomic E-state index is -1.01. The monoisotopic (exact) mass is 313 g/mol. The fourth-order valence-electron chi connectivity index (χ4n) is 3.17. The zero-order valence-corrected chi connectivity index (χ0v) is 12.8. The van der Waals surface area contributed by atoms with Crippen molar-refractivity contribution in [2.45, 2.75) is 37.5 Å². The highest BCUT2D eigenvalue weighted by Gasteiger charge is 2.43. The standard InChI is InChI=1S/C17H19N3O3/c1-10-4-2-3-5-11(10)12-8-14(21)16(22)15(12)20-17(23)13-9-18-6-7-19-13/h2-7,9,12,14-16,21-22H,8H2,1H3,(H,20,23)/t12-,14-,15-,16-/m1/s1. The van der Waals surface area contributed by atoms with E-state index in [0.717, 1.165) is 11.1 Å². The Bertz CT molecular complexity index is 692. The Labute approximate surface area is 134 Å². The van der Waals surface area contributed by atoms with Crippen molar-refractivity contribution in [3.8, 4) is 0 Å². The van der Waals surface area contributed by atoms with Gasteiger partial charge in [-0.25, -0.2) is 4.98 Å². The smallest absolute Gasteiger partial charge is 0.271 e. The predicted octanol–water partition coefficient (Wildman–Crippen LogP) is 0.793. The van der Waals surface area contributed by atoms with Crippen LogP contribution < -0.4 is 5.32 Å². The fraction of sp³-hybridized carbons (Fsp3) is 0.353. The topological polar surface area (TPSA) is 95.3 Å². The number of nitrogens with one attached hydrogen (secondary N) is 1. The molecule has 1 aromatic carbocycles. The van der Waals surface area contributed by atoms with Gasteiger partial charge in [-0.05, 0) is 24.5 Å². The van der Waals surface area contributed by atoms with E-state index >= 15 is 0 Å². The first-order valence-corrected chi connectivity index (χ1v) is 7.56. The van der Waals surface area contributed by atoms with Crippen molar-refractivity contribution in [3.05, 3.63) is 59.7 Å². The molecule has 0 unspecified atom stereocenters. The Kier molecular flexibility index (Phi) is 4.36. The van der Waals surface area contributed by atoms with Gasteiger partial charge in [0.15, 0.2) is 0 Å². The third kappa shape index (κ3) is 3.09. The lowest BCUT2D eigenvalue weighted by molar-refractivity contribution is 0.0294. The first-order chi connectivity index (χ1) is 11.1. The van der Waals surface area contributed by atoms with Crippen LogP contribution in [0.1, 0.15) is 34.0 Å². The van der Waals surface area contributed by atoms with Gasteiger partial charge in [0.1, 0.15) is 11.8 Å². The van der Waals surface area contributed by atoms with Crippen LogP contribution in [0.25, 0.3) is 0 Å². The van der Waals surface area contributed by atoms with Gasteiger partial charge >= 0.3 is 0 Å². The number of aryl methyl sites for hydroxylation is 1. The van der Waals surface area contributed by atoms with E-state index in [4.69, 9.17) is 0 Å². The molecule has 23 heavy (non-hydrogen) atoms. The molecule has 1 aromatic heterocycles. The molecule has 1 heterocycles. The van der Waals surface area contributed by atoms with Crippen molar-refractivity contribution >= 4 is 5.91 Å². The third-order valence-electron chi connectivity index (χ3n) is 4.37. The molecule has 3 rings (SSSR count). The van der Waals surface area contributed by atoms with Crippen LogP contribution >= 0.6 is 0 Å². The summed E-state index contributed by atoms with van der Waals surface area (Å²) in [5.41, 5.74) is 2.27. The molecule has 1 aliphatic carbocycles. The molecule has 0 spiro atoms. The Balaban J connectivity index is 1.86. The van der Waals surface area contributed by atoms with Crippen molar-refractivity contribution in [3.63, 3.8) is 0 Å². The zero-order chi connectivity index (χ0) is 16.4. The van der Waals surface area contributed by atoms with Crippen LogP contribution in [0, 0.1) is 6.92 Å². The molecule has 4 atom stereocenters. The molecule has 0 bridgehead atoms. The highest BCUT2D eigenvalue weighted by Crippen LogP contribution is 2.36. The summed E-state index contributed by atoms with van der Waals surface area (Å²) in [5, 5.41) is 23.1. The Morgan fingerprint density at radius 3 is 2.74 bits per heavy atom. The van der Waals surface area contributed by atoms with E-state index in [1.165, 1.54) is 18.6 Å². The van der Waals surface area contributed by atoms with Crippen LogP contribution in [0.2, 0.25) is 0 Å². The third-order valence-corrected chi connectivity index (χ3v) is 4.37. The van der Waals surface area contributed by atoms with Crippen LogP contribution in [-0.4, -0.2) is 44.3 Å². The average molecular weight is 313 g/mol. The number of aromatic nitrogens is 2.